The van der Waals surface area contributed by atoms with Crippen LogP contribution in [0, 0.1) is 5.82 Å². The van der Waals surface area contributed by atoms with Crippen LogP contribution in [-0.2, 0) is 6.54 Å². The molecular weight excluding hydrogens is 271 g/mol. The monoisotopic (exact) mass is 288 g/mol. The molecule has 2 aromatic rings. The van der Waals surface area contributed by atoms with Crippen molar-refractivity contribution in [2.75, 3.05) is 18.9 Å². The lowest BCUT2D eigenvalue weighted by atomic mass is 10.2. The zero-order valence-corrected chi connectivity index (χ0v) is 12.0. The van der Waals surface area contributed by atoms with Gasteiger partial charge in [0.1, 0.15) is 17.3 Å². The van der Waals surface area contributed by atoms with E-state index in [1.165, 1.54) is 23.4 Å². The first-order valence-electron chi connectivity index (χ1n) is 6.66. The maximum absolute atomic E-state index is 13.6. The number of nitrogens with zero attached hydrogens (tertiary/aromatic N) is 3. The van der Waals surface area contributed by atoms with Crippen LogP contribution in [0.15, 0.2) is 36.7 Å². The number of carbonyl (C=O) groups excluding carboxylic acids is 1. The number of anilines is 1. The second-order valence-electron chi connectivity index (χ2n) is 4.57. The number of halogens is 1. The van der Waals surface area contributed by atoms with Crippen LogP contribution in [0.2, 0.25) is 0 Å². The van der Waals surface area contributed by atoms with E-state index < -0.39 is 0 Å². The summed E-state index contributed by atoms with van der Waals surface area (Å²) in [5, 5.41) is 3.00. The highest BCUT2D eigenvalue weighted by molar-refractivity contribution is 5.91. The molecule has 6 heteroatoms. The first kappa shape index (κ1) is 14.9. The number of hydrogen-bond acceptors (Lipinski definition) is 4. The summed E-state index contributed by atoms with van der Waals surface area (Å²) in [4.78, 5) is 21.8. The Hall–Kier alpha value is -2.50. The lowest BCUT2D eigenvalue weighted by Crippen LogP contribution is -2.27. The summed E-state index contributed by atoms with van der Waals surface area (Å²) in [7, 11) is 1.61. The largest absolute Gasteiger partial charge is 0.369 e. The molecule has 0 radical (unpaired) electrons. The molecule has 0 atom stereocenters. The third-order valence-corrected chi connectivity index (χ3v) is 2.94. The predicted molar refractivity (Wildman–Crippen MR) is 78.4 cm³/mol. The second-order valence-corrected chi connectivity index (χ2v) is 4.57. The topological polar surface area (TPSA) is 58.1 Å². The van der Waals surface area contributed by atoms with E-state index in [4.69, 9.17) is 0 Å². The Kier molecular flexibility index (Phi) is 4.81. The molecule has 5 nitrogen and oxygen atoms in total. The van der Waals surface area contributed by atoms with Crippen LogP contribution in [0.3, 0.4) is 0 Å². The number of benzene rings is 1. The Morgan fingerprint density at radius 3 is 2.67 bits per heavy atom. The van der Waals surface area contributed by atoms with Gasteiger partial charge in [-0.2, -0.15) is 0 Å². The van der Waals surface area contributed by atoms with E-state index in [9.17, 15) is 9.18 Å². The van der Waals surface area contributed by atoms with E-state index in [1.54, 1.807) is 25.2 Å². The zero-order valence-electron chi connectivity index (χ0n) is 12.0. The molecule has 0 unspecified atom stereocenters. The van der Waals surface area contributed by atoms with Gasteiger partial charge in [-0.3, -0.25) is 4.79 Å². The molecule has 1 aromatic carbocycles. The van der Waals surface area contributed by atoms with Gasteiger partial charge in [-0.15, -0.1) is 0 Å². The molecule has 0 bridgehead atoms. The van der Waals surface area contributed by atoms with Crippen molar-refractivity contribution < 1.29 is 9.18 Å². The molecular formula is C15H17FN4O. The quantitative estimate of drug-likeness (QED) is 0.917. The zero-order chi connectivity index (χ0) is 15.2. The van der Waals surface area contributed by atoms with E-state index in [2.05, 4.69) is 15.3 Å². The average Bonchev–Trinajstić information content (AvgIpc) is 2.50. The van der Waals surface area contributed by atoms with Crippen LogP contribution in [0.25, 0.3) is 0 Å². The van der Waals surface area contributed by atoms with Crippen molar-refractivity contribution in [3.8, 4) is 0 Å². The highest BCUT2D eigenvalue weighted by Gasteiger charge is 2.15. The van der Waals surface area contributed by atoms with Crippen molar-refractivity contribution in [1.29, 1.82) is 0 Å². The molecule has 110 valence electrons. The minimum atomic E-state index is -0.328. The number of nitrogens with one attached hydrogen (secondary N) is 1. The van der Waals surface area contributed by atoms with Gasteiger partial charge in [0.2, 0.25) is 0 Å². The molecule has 0 fully saturated rings. The predicted octanol–water partition coefficient (Wildman–Crippen LogP) is 2.32. The molecule has 1 N–H and O–H groups in total. The molecule has 21 heavy (non-hydrogen) atoms. The third kappa shape index (κ3) is 3.75. The third-order valence-electron chi connectivity index (χ3n) is 2.94. The van der Waals surface area contributed by atoms with Crippen LogP contribution in [0.4, 0.5) is 10.2 Å². The first-order valence-corrected chi connectivity index (χ1v) is 6.66. The Morgan fingerprint density at radius 1 is 1.29 bits per heavy atom. The fourth-order valence-corrected chi connectivity index (χ4v) is 1.86. The molecule has 1 aromatic heterocycles. The molecule has 0 aliphatic heterocycles. The fraction of sp³-hybridized carbons (Fsp3) is 0.267. The summed E-state index contributed by atoms with van der Waals surface area (Å²) >= 11 is 0. The Morgan fingerprint density at radius 2 is 2.05 bits per heavy atom. The van der Waals surface area contributed by atoms with Gasteiger partial charge in [-0.25, -0.2) is 14.4 Å². The van der Waals surface area contributed by atoms with E-state index in [0.717, 1.165) is 6.54 Å². The molecule has 1 heterocycles. The van der Waals surface area contributed by atoms with E-state index in [0.29, 0.717) is 11.4 Å². The summed E-state index contributed by atoms with van der Waals surface area (Å²) in [6, 6.07) is 6.38. The fourth-order valence-electron chi connectivity index (χ4n) is 1.86. The maximum Gasteiger partial charge on any atom is 0.274 e. The van der Waals surface area contributed by atoms with Crippen LogP contribution in [0.5, 0.6) is 0 Å². The van der Waals surface area contributed by atoms with E-state index in [1.807, 2.05) is 6.92 Å². The molecule has 0 saturated heterocycles. The Balaban J connectivity index is 2.07. The van der Waals surface area contributed by atoms with E-state index in [-0.39, 0.29) is 24.0 Å². The van der Waals surface area contributed by atoms with Crippen LogP contribution < -0.4 is 5.32 Å². The molecule has 0 spiro atoms. The van der Waals surface area contributed by atoms with Gasteiger partial charge in [-0.05, 0) is 13.0 Å². The summed E-state index contributed by atoms with van der Waals surface area (Å²) in [5.41, 5.74) is 0.695. The van der Waals surface area contributed by atoms with Crippen molar-refractivity contribution >= 4 is 11.7 Å². The maximum atomic E-state index is 13.6. The van der Waals surface area contributed by atoms with Gasteiger partial charge in [0.05, 0.1) is 12.4 Å². The number of aromatic nitrogens is 2. The van der Waals surface area contributed by atoms with E-state index >= 15 is 0 Å². The van der Waals surface area contributed by atoms with Crippen LogP contribution in [-0.4, -0.2) is 34.4 Å². The SMILES string of the molecule is CCNc1cnc(C(=O)N(C)Cc2ccccc2F)cn1. The molecule has 0 saturated carbocycles. The molecule has 0 aliphatic carbocycles. The standard InChI is InChI=1S/C15H17FN4O/c1-3-17-14-9-18-13(8-19-14)15(21)20(2)10-11-6-4-5-7-12(11)16/h4-9H,3,10H2,1-2H3,(H,17,19). The number of rotatable bonds is 5. The minimum absolute atomic E-state index is 0.183. The summed E-state index contributed by atoms with van der Waals surface area (Å²) in [6.07, 6.45) is 2.92. The van der Waals surface area contributed by atoms with Gasteiger partial charge >= 0.3 is 0 Å². The van der Waals surface area contributed by atoms with Crippen molar-refractivity contribution in [3.05, 3.63) is 53.7 Å². The number of carbonyl (C=O) groups is 1. The van der Waals surface area contributed by atoms with Crippen LogP contribution >= 0.6 is 0 Å². The number of amides is 1. The first-order chi connectivity index (χ1) is 10.1. The minimum Gasteiger partial charge on any atom is -0.369 e. The molecule has 2 rings (SSSR count). The van der Waals surface area contributed by atoms with Crippen molar-refractivity contribution in [2.24, 2.45) is 0 Å². The lowest BCUT2D eigenvalue weighted by Gasteiger charge is -2.17. The lowest BCUT2D eigenvalue weighted by molar-refractivity contribution is 0.0777. The normalized spacial score (nSPS) is 10.2. The smallest absolute Gasteiger partial charge is 0.274 e. The van der Waals surface area contributed by atoms with Gasteiger partial charge in [0.25, 0.3) is 5.91 Å². The van der Waals surface area contributed by atoms with Gasteiger partial charge < -0.3 is 10.2 Å². The van der Waals surface area contributed by atoms with Crippen molar-refractivity contribution in [2.45, 2.75) is 13.5 Å². The van der Waals surface area contributed by atoms with Gasteiger partial charge in [-0.1, -0.05) is 18.2 Å². The number of hydrogen-bond donors (Lipinski definition) is 1. The highest BCUT2D eigenvalue weighted by Crippen LogP contribution is 2.11. The Labute approximate surface area is 122 Å². The summed E-state index contributed by atoms with van der Waals surface area (Å²) in [5.74, 6) is -0.00895. The average molecular weight is 288 g/mol. The summed E-state index contributed by atoms with van der Waals surface area (Å²) in [6.45, 7) is 2.86. The molecule has 1 amide bonds. The highest BCUT2D eigenvalue weighted by atomic mass is 19.1. The second kappa shape index (κ2) is 6.78. The van der Waals surface area contributed by atoms with Crippen molar-refractivity contribution in [1.82, 2.24) is 14.9 Å². The molecule has 0 aliphatic rings. The summed E-state index contributed by atoms with van der Waals surface area (Å²) < 4.78 is 13.6. The van der Waals surface area contributed by atoms with Crippen molar-refractivity contribution in [3.63, 3.8) is 0 Å². The van der Waals surface area contributed by atoms with Gasteiger partial charge in [0.15, 0.2) is 0 Å². The van der Waals surface area contributed by atoms with Gasteiger partial charge in [0, 0.05) is 25.7 Å². The Bertz CT molecular complexity index is 615. The van der Waals surface area contributed by atoms with Crippen LogP contribution in [0.1, 0.15) is 23.0 Å².